The van der Waals surface area contributed by atoms with Crippen molar-refractivity contribution >= 4 is 28.5 Å². The van der Waals surface area contributed by atoms with Gasteiger partial charge >= 0.3 is 0 Å². The molecule has 0 N–H and O–H groups in total. The first-order chi connectivity index (χ1) is 11.6. The molecule has 2 fully saturated rings. The molecule has 0 aromatic heterocycles. The van der Waals surface area contributed by atoms with Crippen LogP contribution in [0.5, 0.6) is 0 Å². The predicted octanol–water partition coefficient (Wildman–Crippen LogP) is 4.01. The molecule has 1 saturated carbocycles. The number of nitrogens with zero attached hydrogens (tertiary/aromatic N) is 1. The second-order valence-electron chi connectivity index (χ2n) is 6.98. The summed E-state index contributed by atoms with van der Waals surface area (Å²) < 4.78 is 1.11. The van der Waals surface area contributed by atoms with Crippen molar-refractivity contribution < 1.29 is 14.6 Å². The first-order valence-corrected chi connectivity index (χ1v) is 10.3. The highest BCUT2D eigenvalue weighted by molar-refractivity contribution is 14.1. The Balaban J connectivity index is 1.78. The van der Waals surface area contributed by atoms with Gasteiger partial charge in [-0.25, -0.2) is 9.78 Å². The maximum Gasteiger partial charge on any atom is 0.229 e. The van der Waals surface area contributed by atoms with E-state index in [0.717, 1.165) is 11.0 Å². The lowest BCUT2D eigenvalue weighted by atomic mass is 9.82. The zero-order chi connectivity index (χ0) is 17.2. The number of likely N-dealkylation sites (tertiary alicyclic amines) is 1. The van der Waals surface area contributed by atoms with Crippen molar-refractivity contribution in [2.75, 3.05) is 24.2 Å². The molecule has 1 amide bonds. The van der Waals surface area contributed by atoms with E-state index in [2.05, 4.69) is 41.6 Å². The Hall–Kier alpha value is -0.660. The molecule has 1 aromatic carbocycles. The van der Waals surface area contributed by atoms with Gasteiger partial charge in [0.15, 0.2) is 0 Å². The monoisotopic (exact) mass is 443 g/mol. The van der Waals surface area contributed by atoms with Crippen molar-refractivity contribution in [2.45, 2.75) is 32.7 Å². The number of carbonyl (C=O) groups is 1. The van der Waals surface area contributed by atoms with E-state index >= 15 is 0 Å². The summed E-state index contributed by atoms with van der Waals surface area (Å²) in [5.74, 6) is 0.501. The van der Waals surface area contributed by atoms with Gasteiger partial charge in [0.05, 0.1) is 25.2 Å². The largest absolute Gasteiger partial charge is 0.335 e. The average Bonchev–Trinajstić information content (AvgIpc) is 3.35. The van der Waals surface area contributed by atoms with Crippen molar-refractivity contribution in [3.8, 4) is 0 Å². The second kappa shape index (κ2) is 7.70. The van der Waals surface area contributed by atoms with E-state index in [1.807, 2.05) is 30.0 Å². The highest BCUT2D eigenvalue weighted by Gasteiger charge is 2.57. The Morgan fingerprint density at radius 3 is 2.58 bits per heavy atom. The summed E-state index contributed by atoms with van der Waals surface area (Å²) in [5.41, 5.74) is 1.51. The number of hydrogen-bond donors (Lipinski definition) is 0. The first kappa shape index (κ1) is 18.1. The Bertz CT molecular complexity index is 561. The zero-order valence-electron chi connectivity index (χ0n) is 14.4. The number of rotatable bonds is 8. The van der Waals surface area contributed by atoms with Gasteiger partial charge in [0.25, 0.3) is 0 Å². The Kier molecular flexibility index (Phi) is 5.82. The molecule has 132 valence electrons. The SMILES string of the molecule is CCOOCC1C(=O)N([C@@H](C)c2ccccc2)C[C@H]1C1(CI)CC1. The highest BCUT2D eigenvalue weighted by atomic mass is 127. The normalized spacial score (nSPS) is 26.6. The van der Waals surface area contributed by atoms with Crippen LogP contribution >= 0.6 is 22.6 Å². The van der Waals surface area contributed by atoms with Crippen LogP contribution in [0.2, 0.25) is 0 Å². The molecule has 3 rings (SSSR count). The average molecular weight is 443 g/mol. The van der Waals surface area contributed by atoms with Gasteiger partial charge in [0, 0.05) is 11.0 Å². The lowest BCUT2D eigenvalue weighted by molar-refractivity contribution is -0.298. The van der Waals surface area contributed by atoms with Crippen molar-refractivity contribution in [2.24, 2.45) is 17.3 Å². The number of hydrogen-bond acceptors (Lipinski definition) is 3. The summed E-state index contributed by atoms with van der Waals surface area (Å²) in [7, 11) is 0. The van der Waals surface area contributed by atoms with Gasteiger partial charge in [-0.15, -0.1) is 0 Å². The zero-order valence-corrected chi connectivity index (χ0v) is 16.6. The molecule has 1 aliphatic heterocycles. The van der Waals surface area contributed by atoms with E-state index in [4.69, 9.17) is 9.78 Å². The third-order valence-corrected chi connectivity index (χ3v) is 7.14. The molecule has 1 aliphatic carbocycles. The molecule has 1 saturated heterocycles. The topological polar surface area (TPSA) is 38.8 Å². The fourth-order valence-corrected chi connectivity index (χ4v) is 5.18. The van der Waals surface area contributed by atoms with Crippen molar-refractivity contribution in [1.82, 2.24) is 4.90 Å². The molecule has 1 aromatic rings. The first-order valence-electron chi connectivity index (χ1n) is 8.79. The molecular formula is C19H26INO3. The maximum absolute atomic E-state index is 13.1. The molecule has 0 radical (unpaired) electrons. The van der Waals surface area contributed by atoms with Gasteiger partial charge in [-0.1, -0.05) is 52.9 Å². The summed E-state index contributed by atoms with van der Waals surface area (Å²) in [5, 5.41) is 0. The number of amides is 1. The van der Waals surface area contributed by atoms with E-state index in [1.165, 1.54) is 18.4 Å². The van der Waals surface area contributed by atoms with Gasteiger partial charge < -0.3 is 4.90 Å². The Morgan fingerprint density at radius 2 is 2.00 bits per heavy atom. The summed E-state index contributed by atoms with van der Waals surface area (Å²) in [6.07, 6.45) is 2.46. The standard InChI is InChI=1S/C19H26INO3/c1-3-23-24-12-16-17(19(13-20)9-10-19)11-21(18(16)22)14(2)15-7-5-4-6-8-15/h4-8,14,16-17H,3,9-13H2,1-2H3/t14-,16?,17+/m0/s1. The van der Waals surface area contributed by atoms with Crippen LogP contribution in [0.15, 0.2) is 30.3 Å². The molecule has 5 heteroatoms. The number of benzene rings is 1. The van der Waals surface area contributed by atoms with E-state index in [0.29, 0.717) is 24.5 Å². The molecule has 0 spiro atoms. The van der Waals surface area contributed by atoms with Crippen LogP contribution in [0, 0.1) is 17.3 Å². The third kappa shape index (κ3) is 3.48. The molecule has 4 nitrogen and oxygen atoms in total. The fourth-order valence-electron chi connectivity index (χ4n) is 3.85. The number of carbonyl (C=O) groups excluding carboxylic acids is 1. The lowest BCUT2D eigenvalue weighted by Crippen LogP contribution is -2.31. The summed E-state index contributed by atoms with van der Waals surface area (Å²) >= 11 is 2.48. The molecule has 1 heterocycles. The minimum Gasteiger partial charge on any atom is -0.335 e. The second-order valence-corrected chi connectivity index (χ2v) is 7.74. The lowest BCUT2D eigenvalue weighted by Gasteiger charge is -2.27. The van der Waals surface area contributed by atoms with E-state index < -0.39 is 0 Å². The molecule has 1 unspecified atom stereocenters. The van der Waals surface area contributed by atoms with E-state index in [9.17, 15) is 4.79 Å². The van der Waals surface area contributed by atoms with Gasteiger partial charge in [-0.2, -0.15) is 0 Å². The quantitative estimate of drug-likeness (QED) is 0.201. The van der Waals surface area contributed by atoms with Crippen LogP contribution in [0.4, 0.5) is 0 Å². The molecule has 24 heavy (non-hydrogen) atoms. The number of halogens is 1. The van der Waals surface area contributed by atoms with Crippen LogP contribution in [-0.2, 0) is 14.6 Å². The van der Waals surface area contributed by atoms with Crippen LogP contribution in [0.1, 0.15) is 38.3 Å². The van der Waals surface area contributed by atoms with Gasteiger partial charge in [0.1, 0.15) is 0 Å². The minimum atomic E-state index is -0.0834. The number of alkyl halides is 1. The maximum atomic E-state index is 13.1. The summed E-state index contributed by atoms with van der Waals surface area (Å²) in [6.45, 7) is 5.73. The van der Waals surface area contributed by atoms with Crippen molar-refractivity contribution in [1.29, 1.82) is 0 Å². The van der Waals surface area contributed by atoms with Gasteiger partial charge in [-0.05, 0) is 43.6 Å². The summed E-state index contributed by atoms with van der Waals surface area (Å²) in [4.78, 5) is 25.5. The Labute approximate surface area is 158 Å². The Morgan fingerprint density at radius 1 is 1.29 bits per heavy atom. The minimum absolute atomic E-state index is 0.0834. The van der Waals surface area contributed by atoms with Crippen molar-refractivity contribution in [3.63, 3.8) is 0 Å². The fraction of sp³-hybridized carbons (Fsp3) is 0.632. The van der Waals surface area contributed by atoms with Crippen LogP contribution in [0.3, 0.4) is 0 Å². The molecule has 3 atom stereocenters. The van der Waals surface area contributed by atoms with Gasteiger partial charge in [0.2, 0.25) is 5.91 Å². The smallest absolute Gasteiger partial charge is 0.229 e. The highest BCUT2D eigenvalue weighted by Crippen LogP contribution is 2.58. The summed E-state index contributed by atoms with van der Waals surface area (Å²) in [6, 6.07) is 10.4. The molecule has 2 aliphatic rings. The molecular weight excluding hydrogens is 417 g/mol. The van der Waals surface area contributed by atoms with Gasteiger partial charge in [-0.3, -0.25) is 4.79 Å². The van der Waals surface area contributed by atoms with E-state index in [-0.39, 0.29) is 17.9 Å². The molecule has 0 bridgehead atoms. The van der Waals surface area contributed by atoms with Crippen LogP contribution in [0.25, 0.3) is 0 Å². The van der Waals surface area contributed by atoms with Crippen LogP contribution < -0.4 is 0 Å². The van der Waals surface area contributed by atoms with Crippen molar-refractivity contribution in [3.05, 3.63) is 35.9 Å². The third-order valence-electron chi connectivity index (χ3n) is 5.62. The van der Waals surface area contributed by atoms with E-state index in [1.54, 1.807) is 0 Å². The van der Waals surface area contributed by atoms with Crippen LogP contribution in [-0.4, -0.2) is 35.0 Å². The predicted molar refractivity (Wildman–Crippen MR) is 102 cm³/mol.